The predicted octanol–water partition coefficient (Wildman–Crippen LogP) is 2.38. The van der Waals surface area contributed by atoms with Gasteiger partial charge in [0.15, 0.2) is 0 Å². The summed E-state index contributed by atoms with van der Waals surface area (Å²) in [7, 11) is 0. The van der Waals surface area contributed by atoms with Gasteiger partial charge in [0.05, 0.1) is 13.2 Å². The average molecular weight is 140 g/mol. The molecule has 1 heterocycles. The minimum absolute atomic E-state index is 0.678. The molecule has 0 fully saturated rings. The summed E-state index contributed by atoms with van der Waals surface area (Å²) in [5.74, 6) is 0.678. The van der Waals surface area contributed by atoms with Gasteiger partial charge in [-0.2, -0.15) is 0 Å². The quantitative estimate of drug-likeness (QED) is 0.535. The molecule has 0 aromatic carbocycles. The third kappa shape index (κ3) is 1.40. The first-order valence-electron chi connectivity index (χ1n) is 4.04. The van der Waals surface area contributed by atoms with E-state index in [1.807, 2.05) is 0 Å². The summed E-state index contributed by atoms with van der Waals surface area (Å²) in [4.78, 5) is 0. The average Bonchev–Trinajstić information content (AvgIpc) is 2.33. The largest absolute Gasteiger partial charge is 0.373 e. The third-order valence-electron chi connectivity index (χ3n) is 2.11. The predicted molar refractivity (Wildman–Crippen MR) is 43.0 cm³/mol. The van der Waals surface area contributed by atoms with Gasteiger partial charge in [-0.05, 0) is 23.5 Å². The van der Waals surface area contributed by atoms with E-state index >= 15 is 0 Å². The summed E-state index contributed by atoms with van der Waals surface area (Å²) in [6, 6.07) is 0. The first-order valence-corrected chi connectivity index (χ1v) is 4.04. The fraction of sp³-hybridized carbons (Fsp3) is 0.778. The van der Waals surface area contributed by atoms with Crippen molar-refractivity contribution in [2.24, 2.45) is 5.92 Å². The molecule has 0 aromatic heterocycles. The Balaban J connectivity index is 2.68. The highest BCUT2D eigenvalue weighted by Crippen LogP contribution is 2.23. The summed E-state index contributed by atoms with van der Waals surface area (Å²) in [5.41, 5.74) is 3.05. The van der Waals surface area contributed by atoms with E-state index in [-0.39, 0.29) is 0 Å². The maximum Gasteiger partial charge on any atom is 0.0687 e. The zero-order valence-corrected chi connectivity index (χ0v) is 7.11. The van der Waals surface area contributed by atoms with Gasteiger partial charge in [0.1, 0.15) is 0 Å². The van der Waals surface area contributed by atoms with Crippen molar-refractivity contribution >= 4 is 0 Å². The Morgan fingerprint density at radius 2 is 2.10 bits per heavy atom. The second kappa shape index (κ2) is 3.20. The van der Waals surface area contributed by atoms with Crippen LogP contribution in [0.1, 0.15) is 27.2 Å². The molecule has 0 amide bonds. The lowest BCUT2D eigenvalue weighted by Gasteiger charge is -2.06. The molecule has 0 spiro atoms. The summed E-state index contributed by atoms with van der Waals surface area (Å²) in [6.07, 6.45) is 1.16. The molecule has 0 unspecified atom stereocenters. The van der Waals surface area contributed by atoms with Crippen molar-refractivity contribution in [3.05, 3.63) is 11.1 Å². The van der Waals surface area contributed by atoms with Gasteiger partial charge >= 0.3 is 0 Å². The normalized spacial score (nSPS) is 19.2. The first kappa shape index (κ1) is 7.80. The van der Waals surface area contributed by atoms with Crippen LogP contribution in [0.2, 0.25) is 0 Å². The SMILES string of the molecule is CCC1=C(C(C)C)COC1. The van der Waals surface area contributed by atoms with Crippen molar-refractivity contribution < 1.29 is 4.74 Å². The van der Waals surface area contributed by atoms with Crippen LogP contribution < -0.4 is 0 Å². The highest BCUT2D eigenvalue weighted by molar-refractivity contribution is 5.20. The topological polar surface area (TPSA) is 9.23 Å². The second-order valence-electron chi connectivity index (χ2n) is 3.13. The van der Waals surface area contributed by atoms with Crippen molar-refractivity contribution in [1.29, 1.82) is 0 Å². The monoisotopic (exact) mass is 140 g/mol. The van der Waals surface area contributed by atoms with Crippen LogP contribution in [0.3, 0.4) is 0 Å². The highest BCUT2D eigenvalue weighted by Gasteiger charge is 2.15. The Bertz CT molecular complexity index is 145. The van der Waals surface area contributed by atoms with Crippen LogP contribution >= 0.6 is 0 Å². The Kier molecular flexibility index (Phi) is 2.50. The van der Waals surface area contributed by atoms with Crippen LogP contribution in [-0.2, 0) is 4.74 Å². The minimum Gasteiger partial charge on any atom is -0.373 e. The Labute approximate surface area is 63.1 Å². The van der Waals surface area contributed by atoms with Gasteiger partial charge in [0.2, 0.25) is 0 Å². The molecule has 0 aromatic rings. The van der Waals surface area contributed by atoms with Crippen LogP contribution in [0.15, 0.2) is 11.1 Å². The Hall–Kier alpha value is -0.300. The molecule has 1 aliphatic heterocycles. The maximum absolute atomic E-state index is 5.35. The standard InChI is InChI=1S/C9H16O/c1-4-8-5-10-6-9(8)7(2)3/h7H,4-6H2,1-3H3. The van der Waals surface area contributed by atoms with Crippen LogP contribution in [0.4, 0.5) is 0 Å². The molecule has 10 heavy (non-hydrogen) atoms. The zero-order valence-electron chi connectivity index (χ0n) is 7.11. The lowest BCUT2D eigenvalue weighted by molar-refractivity contribution is 0.200. The van der Waals surface area contributed by atoms with Gasteiger partial charge < -0.3 is 4.74 Å². The van der Waals surface area contributed by atoms with Crippen LogP contribution in [-0.4, -0.2) is 13.2 Å². The molecule has 1 heteroatoms. The van der Waals surface area contributed by atoms with E-state index < -0.39 is 0 Å². The molecule has 0 atom stereocenters. The Morgan fingerprint density at radius 3 is 2.50 bits per heavy atom. The highest BCUT2D eigenvalue weighted by atomic mass is 16.5. The van der Waals surface area contributed by atoms with E-state index in [4.69, 9.17) is 4.74 Å². The summed E-state index contributed by atoms with van der Waals surface area (Å²) in [6.45, 7) is 8.43. The summed E-state index contributed by atoms with van der Waals surface area (Å²) >= 11 is 0. The van der Waals surface area contributed by atoms with Gasteiger partial charge in [-0.15, -0.1) is 0 Å². The van der Waals surface area contributed by atoms with Crippen molar-refractivity contribution in [2.45, 2.75) is 27.2 Å². The molecule has 0 bridgehead atoms. The van der Waals surface area contributed by atoms with Crippen molar-refractivity contribution in [3.8, 4) is 0 Å². The van der Waals surface area contributed by atoms with Crippen LogP contribution in [0.5, 0.6) is 0 Å². The molecule has 1 aliphatic rings. The lowest BCUT2D eigenvalue weighted by atomic mass is 9.99. The van der Waals surface area contributed by atoms with E-state index in [0.29, 0.717) is 5.92 Å². The smallest absolute Gasteiger partial charge is 0.0687 e. The van der Waals surface area contributed by atoms with E-state index in [9.17, 15) is 0 Å². The third-order valence-corrected chi connectivity index (χ3v) is 2.11. The van der Waals surface area contributed by atoms with E-state index in [1.54, 1.807) is 0 Å². The van der Waals surface area contributed by atoms with Gasteiger partial charge in [-0.25, -0.2) is 0 Å². The molecule has 0 saturated carbocycles. The molecule has 58 valence electrons. The van der Waals surface area contributed by atoms with Crippen molar-refractivity contribution in [1.82, 2.24) is 0 Å². The first-order chi connectivity index (χ1) is 4.75. The zero-order chi connectivity index (χ0) is 7.56. The number of rotatable bonds is 2. The molecule has 0 saturated heterocycles. The molecule has 0 N–H and O–H groups in total. The molecule has 0 aliphatic carbocycles. The Morgan fingerprint density at radius 1 is 1.40 bits per heavy atom. The lowest BCUT2D eigenvalue weighted by Crippen LogP contribution is -1.97. The molecular weight excluding hydrogens is 124 g/mol. The molecule has 1 rings (SSSR count). The minimum atomic E-state index is 0.678. The molecule has 0 radical (unpaired) electrons. The van der Waals surface area contributed by atoms with Crippen molar-refractivity contribution in [2.75, 3.05) is 13.2 Å². The van der Waals surface area contributed by atoms with Crippen LogP contribution in [0.25, 0.3) is 0 Å². The van der Waals surface area contributed by atoms with Gasteiger partial charge in [0.25, 0.3) is 0 Å². The number of ether oxygens (including phenoxy) is 1. The number of hydrogen-bond acceptors (Lipinski definition) is 1. The van der Waals surface area contributed by atoms with Crippen molar-refractivity contribution in [3.63, 3.8) is 0 Å². The number of hydrogen-bond donors (Lipinski definition) is 0. The van der Waals surface area contributed by atoms with E-state index in [1.165, 1.54) is 11.1 Å². The second-order valence-corrected chi connectivity index (χ2v) is 3.13. The fourth-order valence-electron chi connectivity index (χ4n) is 1.38. The fourth-order valence-corrected chi connectivity index (χ4v) is 1.38. The summed E-state index contributed by atoms with van der Waals surface area (Å²) in [5, 5.41) is 0. The van der Waals surface area contributed by atoms with Gasteiger partial charge in [-0.1, -0.05) is 20.8 Å². The van der Waals surface area contributed by atoms with E-state index in [0.717, 1.165) is 19.6 Å². The molecule has 1 nitrogen and oxygen atoms in total. The summed E-state index contributed by atoms with van der Waals surface area (Å²) < 4.78 is 5.35. The van der Waals surface area contributed by atoms with E-state index in [2.05, 4.69) is 20.8 Å². The molecular formula is C9H16O. The van der Waals surface area contributed by atoms with Crippen LogP contribution in [0, 0.1) is 5.92 Å². The maximum atomic E-state index is 5.35. The van der Waals surface area contributed by atoms with Gasteiger partial charge in [-0.3, -0.25) is 0 Å². The van der Waals surface area contributed by atoms with Gasteiger partial charge in [0, 0.05) is 0 Å².